The monoisotopic (exact) mass is 441 g/mol. The van der Waals surface area contributed by atoms with Crippen LogP contribution in [-0.4, -0.2) is 5.97 Å². The van der Waals surface area contributed by atoms with E-state index >= 15 is 0 Å². The lowest BCUT2D eigenvalue weighted by Gasteiger charge is -2.21. The number of esters is 1. The van der Waals surface area contributed by atoms with Crippen LogP contribution in [0.15, 0.2) is 84.2 Å². The second kappa shape index (κ2) is 9.67. The maximum atomic E-state index is 13.2. The highest BCUT2D eigenvalue weighted by Gasteiger charge is 2.30. The number of carbonyl (C=O) groups is 1. The lowest BCUT2D eigenvalue weighted by Crippen LogP contribution is -2.22. The average molecular weight is 442 g/mol. The minimum absolute atomic E-state index is 0.0209. The molecule has 3 aromatic carbocycles. The zero-order valence-corrected chi connectivity index (χ0v) is 18.7. The first-order valence-electron chi connectivity index (χ1n) is 10.5. The molecule has 0 fully saturated rings. The molecule has 5 heteroatoms. The average Bonchev–Trinajstić information content (AvgIpc) is 3.22. The van der Waals surface area contributed by atoms with Crippen LogP contribution in [-0.2, 0) is 9.53 Å². The minimum atomic E-state index is -1.02. The molecule has 1 heterocycles. The van der Waals surface area contributed by atoms with Crippen LogP contribution >= 0.6 is 11.3 Å². The lowest BCUT2D eigenvalue weighted by atomic mass is 9.88. The van der Waals surface area contributed by atoms with Crippen molar-refractivity contribution in [3.63, 3.8) is 0 Å². The minimum Gasteiger partial charge on any atom is -0.457 e. The molecule has 0 amide bonds. The Bertz CT molecular complexity index is 1260. The van der Waals surface area contributed by atoms with Gasteiger partial charge < -0.3 is 9.47 Å². The summed E-state index contributed by atoms with van der Waals surface area (Å²) in [7, 11) is 0. The molecule has 0 radical (unpaired) electrons. The fourth-order valence-corrected chi connectivity index (χ4v) is 4.72. The number of para-hydroxylation sites is 1. The number of ether oxygens (including phenoxy) is 2. The zero-order valence-electron chi connectivity index (χ0n) is 17.9. The largest absolute Gasteiger partial charge is 0.457 e. The first kappa shape index (κ1) is 21.6. The highest BCUT2D eigenvalue weighted by Crippen LogP contribution is 2.37. The van der Waals surface area contributed by atoms with Crippen molar-refractivity contribution < 1.29 is 14.3 Å². The van der Waals surface area contributed by atoms with Crippen LogP contribution in [0.1, 0.15) is 37.0 Å². The third kappa shape index (κ3) is 4.66. The van der Waals surface area contributed by atoms with Crippen molar-refractivity contribution in [2.75, 3.05) is 0 Å². The molecule has 32 heavy (non-hydrogen) atoms. The molecule has 4 nitrogen and oxygen atoms in total. The summed E-state index contributed by atoms with van der Waals surface area (Å²) in [6.45, 7) is 3.99. The third-order valence-electron chi connectivity index (χ3n) is 5.26. The van der Waals surface area contributed by atoms with Crippen molar-refractivity contribution in [1.82, 2.24) is 0 Å². The molecule has 4 rings (SSSR count). The number of hydrogen-bond acceptors (Lipinski definition) is 5. The normalized spacial score (nSPS) is 12.8. The Morgan fingerprint density at radius 3 is 2.41 bits per heavy atom. The van der Waals surface area contributed by atoms with Gasteiger partial charge in [0.25, 0.3) is 0 Å². The SMILES string of the molecule is CC(C)C(C(=O)OC(C#N)c1cccc(Oc2ccccc2)c1)c1csc2ccccc12. The predicted molar refractivity (Wildman–Crippen MR) is 127 cm³/mol. The molecular weight excluding hydrogens is 418 g/mol. The fourth-order valence-electron chi connectivity index (χ4n) is 3.72. The summed E-state index contributed by atoms with van der Waals surface area (Å²) in [5.41, 5.74) is 1.52. The van der Waals surface area contributed by atoms with Crippen molar-refractivity contribution in [3.05, 3.63) is 95.4 Å². The van der Waals surface area contributed by atoms with Crippen LogP contribution in [0.2, 0.25) is 0 Å². The molecule has 0 bridgehead atoms. The van der Waals surface area contributed by atoms with E-state index in [1.807, 2.05) is 73.8 Å². The van der Waals surface area contributed by atoms with Crippen molar-refractivity contribution in [3.8, 4) is 17.6 Å². The summed E-state index contributed by atoms with van der Waals surface area (Å²) in [6, 6.07) is 26.6. The smallest absolute Gasteiger partial charge is 0.315 e. The Labute approximate surface area is 191 Å². The molecule has 1 aromatic heterocycles. The molecule has 160 valence electrons. The van der Waals surface area contributed by atoms with Gasteiger partial charge in [-0.05, 0) is 52.6 Å². The summed E-state index contributed by atoms with van der Waals surface area (Å²) >= 11 is 1.61. The van der Waals surface area contributed by atoms with E-state index < -0.39 is 18.0 Å². The topological polar surface area (TPSA) is 59.3 Å². The second-order valence-corrected chi connectivity index (χ2v) is 8.75. The van der Waals surface area contributed by atoms with Crippen LogP contribution in [0.5, 0.6) is 11.5 Å². The van der Waals surface area contributed by atoms with Gasteiger partial charge in [-0.3, -0.25) is 4.79 Å². The standard InChI is InChI=1S/C27H23NO3S/c1-18(2)26(23-17-32-25-14-7-6-13-22(23)25)27(29)31-24(16-28)19-9-8-12-21(15-19)30-20-10-4-3-5-11-20/h3-15,17-18,24,26H,1-2H3. The van der Waals surface area contributed by atoms with Gasteiger partial charge in [0.1, 0.15) is 17.6 Å². The van der Waals surface area contributed by atoms with Gasteiger partial charge in [0.2, 0.25) is 6.10 Å². The van der Waals surface area contributed by atoms with Gasteiger partial charge in [0.05, 0.1) is 5.92 Å². The third-order valence-corrected chi connectivity index (χ3v) is 6.24. The molecule has 2 unspecified atom stereocenters. The first-order valence-corrected chi connectivity index (χ1v) is 11.3. The van der Waals surface area contributed by atoms with E-state index in [2.05, 4.69) is 6.07 Å². The number of hydrogen-bond donors (Lipinski definition) is 0. The van der Waals surface area contributed by atoms with Gasteiger partial charge in [-0.1, -0.05) is 62.4 Å². The fraction of sp³-hybridized carbons (Fsp3) is 0.185. The van der Waals surface area contributed by atoms with Crippen LogP contribution < -0.4 is 4.74 Å². The second-order valence-electron chi connectivity index (χ2n) is 7.84. The van der Waals surface area contributed by atoms with E-state index in [0.717, 1.165) is 15.6 Å². The van der Waals surface area contributed by atoms with Gasteiger partial charge in [-0.25, -0.2) is 0 Å². The van der Waals surface area contributed by atoms with Gasteiger partial charge >= 0.3 is 5.97 Å². The predicted octanol–water partition coefficient (Wildman–Crippen LogP) is 7.24. The van der Waals surface area contributed by atoms with Gasteiger partial charge in [0.15, 0.2) is 0 Å². The Morgan fingerprint density at radius 1 is 0.938 bits per heavy atom. The van der Waals surface area contributed by atoms with Crippen molar-refractivity contribution in [1.29, 1.82) is 5.26 Å². The molecule has 0 saturated heterocycles. The molecule has 0 aliphatic heterocycles. The number of benzene rings is 3. The quantitative estimate of drug-likeness (QED) is 0.284. The Balaban J connectivity index is 1.57. The van der Waals surface area contributed by atoms with E-state index in [4.69, 9.17) is 9.47 Å². The Kier molecular flexibility index (Phi) is 6.53. The first-order chi connectivity index (χ1) is 15.6. The van der Waals surface area contributed by atoms with E-state index in [1.54, 1.807) is 35.6 Å². The van der Waals surface area contributed by atoms with Crippen LogP contribution in [0.25, 0.3) is 10.1 Å². The number of carbonyl (C=O) groups excluding carboxylic acids is 1. The van der Waals surface area contributed by atoms with Gasteiger partial charge in [-0.2, -0.15) is 5.26 Å². The molecule has 4 aromatic rings. The zero-order chi connectivity index (χ0) is 22.5. The number of thiophene rings is 1. The number of rotatable bonds is 7. The van der Waals surface area contributed by atoms with Crippen LogP contribution in [0.4, 0.5) is 0 Å². The lowest BCUT2D eigenvalue weighted by molar-refractivity contribution is -0.149. The molecule has 2 atom stereocenters. The maximum Gasteiger partial charge on any atom is 0.315 e. The maximum absolute atomic E-state index is 13.2. The van der Waals surface area contributed by atoms with E-state index in [9.17, 15) is 10.1 Å². The molecule has 0 aliphatic carbocycles. The number of nitriles is 1. The summed E-state index contributed by atoms with van der Waals surface area (Å²) in [5.74, 6) is 0.441. The van der Waals surface area contributed by atoms with E-state index in [-0.39, 0.29) is 5.92 Å². The highest BCUT2D eigenvalue weighted by atomic mass is 32.1. The Hall–Kier alpha value is -3.62. The Morgan fingerprint density at radius 2 is 1.66 bits per heavy atom. The molecule has 0 saturated carbocycles. The molecule has 0 N–H and O–H groups in total. The summed E-state index contributed by atoms with van der Waals surface area (Å²) in [4.78, 5) is 13.2. The summed E-state index contributed by atoms with van der Waals surface area (Å²) < 4.78 is 12.7. The molecule has 0 spiro atoms. The van der Waals surface area contributed by atoms with Crippen LogP contribution in [0.3, 0.4) is 0 Å². The molecular formula is C27H23NO3S. The van der Waals surface area contributed by atoms with Crippen molar-refractivity contribution in [2.45, 2.75) is 25.9 Å². The van der Waals surface area contributed by atoms with Crippen molar-refractivity contribution in [2.24, 2.45) is 5.92 Å². The summed E-state index contributed by atoms with van der Waals surface area (Å²) in [6.07, 6.45) is -1.02. The van der Waals surface area contributed by atoms with E-state index in [0.29, 0.717) is 17.1 Å². The van der Waals surface area contributed by atoms with Gasteiger partial charge in [0, 0.05) is 10.3 Å². The van der Waals surface area contributed by atoms with Crippen LogP contribution in [0, 0.1) is 17.2 Å². The van der Waals surface area contributed by atoms with Gasteiger partial charge in [-0.15, -0.1) is 11.3 Å². The number of nitrogens with zero attached hydrogens (tertiary/aromatic N) is 1. The van der Waals surface area contributed by atoms with E-state index in [1.165, 1.54) is 0 Å². The summed E-state index contributed by atoms with van der Waals surface area (Å²) in [5, 5.41) is 12.8. The number of fused-ring (bicyclic) bond motifs is 1. The molecule has 0 aliphatic rings. The highest BCUT2D eigenvalue weighted by molar-refractivity contribution is 7.17. The van der Waals surface area contributed by atoms with Crippen molar-refractivity contribution >= 4 is 27.4 Å².